The molecule has 0 atom stereocenters. The molecular formula is C10H18BrN3O. The molecule has 0 saturated carbocycles. The minimum absolute atomic E-state index is 0.788. The minimum atomic E-state index is 0.788. The van der Waals surface area contributed by atoms with E-state index in [0.29, 0.717) is 0 Å². The van der Waals surface area contributed by atoms with Crippen molar-refractivity contribution in [2.75, 3.05) is 33.4 Å². The maximum absolute atomic E-state index is 5.06. The molecular weight excluding hydrogens is 258 g/mol. The summed E-state index contributed by atoms with van der Waals surface area (Å²) in [4.78, 5) is 2.35. The van der Waals surface area contributed by atoms with E-state index in [9.17, 15) is 0 Å². The van der Waals surface area contributed by atoms with Gasteiger partial charge in [-0.25, -0.2) is 0 Å². The van der Waals surface area contributed by atoms with E-state index in [1.54, 1.807) is 7.11 Å². The molecule has 0 unspecified atom stereocenters. The Morgan fingerprint density at radius 2 is 2.33 bits per heavy atom. The van der Waals surface area contributed by atoms with Crippen molar-refractivity contribution in [2.24, 2.45) is 0 Å². The van der Waals surface area contributed by atoms with Crippen LogP contribution in [0.5, 0.6) is 0 Å². The van der Waals surface area contributed by atoms with Gasteiger partial charge in [0.2, 0.25) is 0 Å². The summed E-state index contributed by atoms with van der Waals surface area (Å²) in [5, 5.41) is 4.21. The van der Waals surface area contributed by atoms with Crippen molar-refractivity contribution < 1.29 is 4.74 Å². The van der Waals surface area contributed by atoms with Gasteiger partial charge < -0.3 is 4.74 Å². The minimum Gasteiger partial charge on any atom is -0.383 e. The largest absolute Gasteiger partial charge is 0.383 e. The number of aromatic nitrogens is 2. The second kappa shape index (κ2) is 6.98. The van der Waals surface area contributed by atoms with Crippen molar-refractivity contribution in [3.63, 3.8) is 0 Å². The molecule has 0 aromatic carbocycles. The molecule has 0 bridgehead atoms. The number of rotatable bonds is 7. The van der Waals surface area contributed by atoms with Crippen LogP contribution in [0.2, 0.25) is 0 Å². The lowest BCUT2D eigenvalue weighted by atomic mass is 10.4. The van der Waals surface area contributed by atoms with Gasteiger partial charge in [-0.1, -0.05) is 6.92 Å². The Morgan fingerprint density at radius 1 is 1.53 bits per heavy atom. The topological polar surface area (TPSA) is 30.3 Å². The molecule has 1 heterocycles. The summed E-state index contributed by atoms with van der Waals surface area (Å²) in [6.07, 6.45) is 3.80. The van der Waals surface area contributed by atoms with Gasteiger partial charge in [0.25, 0.3) is 0 Å². The lowest BCUT2D eigenvalue weighted by molar-refractivity contribution is 0.148. The molecule has 0 radical (unpaired) electrons. The van der Waals surface area contributed by atoms with E-state index in [4.69, 9.17) is 4.74 Å². The Balaban J connectivity index is 2.27. The number of halogens is 1. The zero-order valence-electron chi connectivity index (χ0n) is 9.32. The van der Waals surface area contributed by atoms with Gasteiger partial charge in [0.15, 0.2) is 0 Å². The molecule has 1 aromatic rings. The maximum Gasteiger partial charge on any atom is 0.0632 e. The van der Waals surface area contributed by atoms with Crippen molar-refractivity contribution in [1.82, 2.24) is 14.7 Å². The van der Waals surface area contributed by atoms with E-state index in [2.05, 4.69) is 32.9 Å². The molecule has 0 fully saturated rings. The van der Waals surface area contributed by atoms with Crippen LogP contribution in [0.3, 0.4) is 0 Å². The summed E-state index contributed by atoms with van der Waals surface area (Å²) in [6, 6.07) is 0. The van der Waals surface area contributed by atoms with Gasteiger partial charge in [-0.3, -0.25) is 9.58 Å². The van der Waals surface area contributed by atoms with E-state index >= 15 is 0 Å². The molecule has 1 aromatic heterocycles. The Labute approximate surface area is 99.3 Å². The first-order chi connectivity index (χ1) is 7.26. The zero-order chi connectivity index (χ0) is 11.1. The number of likely N-dealkylation sites (N-methyl/N-ethyl adjacent to an activating group) is 1. The van der Waals surface area contributed by atoms with Crippen molar-refractivity contribution >= 4 is 15.9 Å². The van der Waals surface area contributed by atoms with Crippen LogP contribution in [-0.2, 0) is 11.3 Å². The van der Waals surface area contributed by atoms with Crippen molar-refractivity contribution in [3.8, 4) is 0 Å². The SMILES string of the molecule is CCN(CCOC)CCn1cc(Br)cn1. The molecule has 0 aliphatic carbocycles. The fraction of sp³-hybridized carbons (Fsp3) is 0.700. The highest BCUT2D eigenvalue weighted by Crippen LogP contribution is 2.05. The van der Waals surface area contributed by atoms with Gasteiger partial charge in [-0.2, -0.15) is 5.10 Å². The predicted octanol–water partition coefficient (Wildman–Crippen LogP) is 1.61. The summed E-state index contributed by atoms with van der Waals surface area (Å²) in [7, 11) is 1.73. The predicted molar refractivity (Wildman–Crippen MR) is 63.9 cm³/mol. The monoisotopic (exact) mass is 275 g/mol. The quantitative estimate of drug-likeness (QED) is 0.758. The number of ether oxygens (including phenoxy) is 1. The van der Waals surface area contributed by atoms with Crippen LogP contribution >= 0.6 is 15.9 Å². The summed E-state index contributed by atoms with van der Waals surface area (Å²) < 4.78 is 8.03. The first-order valence-corrected chi connectivity index (χ1v) is 5.94. The van der Waals surface area contributed by atoms with Crippen LogP contribution in [0.25, 0.3) is 0 Å². The molecule has 0 amide bonds. The van der Waals surface area contributed by atoms with Gasteiger partial charge in [-0.05, 0) is 22.5 Å². The van der Waals surface area contributed by atoms with E-state index in [-0.39, 0.29) is 0 Å². The molecule has 0 aliphatic heterocycles. The number of hydrogen-bond donors (Lipinski definition) is 0. The third kappa shape index (κ3) is 4.77. The van der Waals surface area contributed by atoms with Crippen molar-refractivity contribution in [2.45, 2.75) is 13.5 Å². The molecule has 86 valence electrons. The third-order valence-electron chi connectivity index (χ3n) is 2.31. The first-order valence-electron chi connectivity index (χ1n) is 5.15. The lowest BCUT2D eigenvalue weighted by Gasteiger charge is -2.19. The average molecular weight is 276 g/mol. The molecule has 0 saturated heterocycles. The smallest absolute Gasteiger partial charge is 0.0632 e. The molecule has 0 spiro atoms. The Kier molecular flexibility index (Phi) is 5.90. The highest BCUT2D eigenvalue weighted by Gasteiger charge is 2.02. The number of hydrogen-bond acceptors (Lipinski definition) is 3. The highest BCUT2D eigenvalue weighted by atomic mass is 79.9. The molecule has 1 rings (SSSR count). The highest BCUT2D eigenvalue weighted by molar-refractivity contribution is 9.10. The number of nitrogens with zero attached hydrogens (tertiary/aromatic N) is 3. The van der Waals surface area contributed by atoms with Gasteiger partial charge >= 0.3 is 0 Å². The van der Waals surface area contributed by atoms with Gasteiger partial charge in [0.05, 0.1) is 23.8 Å². The van der Waals surface area contributed by atoms with Crippen LogP contribution in [0.15, 0.2) is 16.9 Å². The average Bonchev–Trinajstić information content (AvgIpc) is 2.65. The molecule has 0 N–H and O–H groups in total. The number of methoxy groups -OCH3 is 1. The Bertz CT molecular complexity index is 277. The summed E-state index contributed by atoms with van der Waals surface area (Å²) in [5.74, 6) is 0. The normalized spacial score (nSPS) is 11.2. The first kappa shape index (κ1) is 12.7. The Morgan fingerprint density at radius 3 is 2.87 bits per heavy atom. The van der Waals surface area contributed by atoms with Crippen LogP contribution < -0.4 is 0 Å². The standard InChI is InChI=1S/C10H18BrN3O/c1-3-13(6-7-15-2)4-5-14-9-10(11)8-12-14/h8-9H,3-7H2,1-2H3. The molecule has 0 aliphatic rings. The van der Waals surface area contributed by atoms with Crippen LogP contribution in [0, 0.1) is 0 Å². The van der Waals surface area contributed by atoms with Crippen LogP contribution in [0.4, 0.5) is 0 Å². The van der Waals surface area contributed by atoms with Crippen molar-refractivity contribution in [1.29, 1.82) is 0 Å². The third-order valence-corrected chi connectivity index (χ3v) is 2.72. The fourth-order valence-corrected chi connectivity index (χ4v) is 1.68. The lowest BCUT2D eigenvalue weighted by Crippen LogP contribution is -2.30. The van der Waals surface area contributed by atoms with E-state index < -0.39 is 0 Å². The van der Waals surface area contributed by atoms with Crippen LogP contribution in [-0.4, -0.2) is 48.0 Å². The van der Waals surface area contributed by atoms with E-state index in [0.717, 1.165) is 37.3 Å². The maximum atomic E-state index is 5.06. The summed E-state index contributed by atoms with van der Waals surface area (Å²) in [6.45, 7) is 6.91. The molecule has 4 nitrogen and oxygen atoms in total. The summed E-state index contributed by atoms with van der Waals surface area (Å²) in [5.41, 5.74) is 0. The van der Waals surface area contributed by atoms with E-state index in [1.165, 1.54) is 0 Å². The molecule has 15 heavy (non-hydrogen) atoms. The van der Waals surface area contributed by atoms with Crippen molar-refractivity contribution in [3.05, 3.63) is 16.9 Å². The van der Waals surface area contributed by atoms with Gasteiger partial charge in [0.1, 0.15) is 0 Å². The molecule has 5 heteroatoms. The zero-order valence-corrected chi connectivity index (χ0v) is 10.9. The van der Waals surface area contributed by atoms with Crippen LogP contribution in [0.1, 0.15) is 6.92 Å². The second-order valence-electron chi connectivity index (χ2n) is 3.35. The van der Waals surface area contributed by atoms with Gasteiger partial charge in [0, 0.05) is 26.4 Å². The Hall–Kier alpha value is -0.390. The fourth-order valence-electron chi connectivity index (χ4n) is 1.35. The second-order valence-corrected chi connectivity index (χ2v) is 4.26. The van der Waals surface area contributed by atoms with E-state index in [1.807, 2.05) is 17.1 Å². The summed E-state index contributed by atoms with van der Waals surface area (Å²) >= 11 is 3.38. The van der Waals surface area contributed by atoms with Gasteiger partial charge in [-0.15, -0.1) is 0 Å².